The summed E-state index contributed by atoms with van der Waals surface area (Å²) >= 11 is 9.39. The third kappa shape index (κ3) is 3.27. The molecule has 1 aromatic carbocycles. The predicted molar refractivity (Wildman–Crippen MR) is 85.1 cm³/mol. The molecule has 1 aliphatic heterocycles. The van der Waals surface area contributed by atoms with Gasteiger partial charge in [-0.05, 0) is 53.0 Å². The van der Waals surface area contributed by atoms with Gasteiger partial charge in [0.25, 0.3) is 0 Å². The number of ketones is 1. The number of halogens is 2. The number of pyridine rings is 1. The van der Waals surface area contributed by atoms with Crippen LogP contribution in [0.2, 0.25) is 5.02 Å². The summed E-state index contributed by atoms with van der Waals surface area (Å²) in [7, 11) is 0. The van der Waals surface area contributed by atoms with Crippen molar-refractivity contribution in [2.24, 2.45) is 0 Å². The molecule has 0 bridgehead atoms. The van der Waals surface area contributed by atoms with Gasteiger partial charge >= 0.3 is 0 Å². The minimum absolute atomic E-state index is 0.0745. The summed E-state index contributed by atoms with van der Waals surface area (Å²) in [6, 6.07) is 9.24. The summed E-state index contributed by atoms with van der Waals surface area (Å²) in [6.07, 6.45) is 3.59. The lowest BCUT2D eigenvalue weighted by Crippen LogP contribution is -2.27. The first kappa shape index (κ1) is 14.5. The number of benzene rings is 1. The largest absolute Gasteiger partial charge is 0.488 e. The lowest BCUT2D eigenvalue weighted by Gasteiger charge is -2.26. The second kappa shape index (κ2) is 6.16. The van der Waals surface area contributed by atoms with Crippen molar-refractivity contribution in [2.75, 3.05) is 0 Å². The standard InChI is InChI=1S/C16H13BrClNO2/c17-14-8-10(18)7-13-15(20)9-12(21-16(13)14)5-4-11-3-1-2-6-19-11/h1-3,6-8,12H,4-5,9H2/t12-/m1/s1. The zero-order valence-corrected chi connectivity index (χ0v) is 13.5. The number of Topliss-reactive ketones (excluding diaryl/α,β-unsaturated/α-hetero) is 1. The topological polar surface area (TPSA) is 39.2 Å². The first-order valence-corrected chi connectivity index (χ1v) is 7.89. The SMILES string of the molecule is O=C1C[C@@H](CCc2ccccn2)Oc2c(Br)cc(Cl)cc21. The number of ether oxygens (including phenoxy) is 1. The van der Waals surface area contributed by atoms with Gasteiger partial charge in [-0.25, -0.2) is 0 Å². The van der Waals surface area contributed by atoms with E-state index in [0.717, 1.165) is 23.0 Å². The number of aromatic nitrogens is 1. The smallest absolute Gasteiger partial charge is 0.170 e. The van der Waals surface area contributed by atoms with E-state index in [0.29, 0.717) is 22.8 Å². The fourth-order valence-electron chi connectivity index (χ4n) is 2.43. The summed E-state index contributed by atoms with van der Waals surface area (Å²) < 4.78 is 6.68. The molecule has 21 heavy (non-hydrogen) atoms. The highest BCUT2D eigenvalue weighted by atomic mass is 79.9. The Hall–Kier alpha value is -1.39. The maximum atomic E-state index is 12.2. The number of aryl methyl sites for hydroxylation is 1. The van der Waals surface area contributed by atoms with Gasteiger partial charge in [0.15, 0.2) is 5.78 Å². The molecule has 1 aromatic heterocycles. The first-order valence-electron chi connectivity index (χ1n) is 6.72. The van der Waals surface area contributed by atoms with Crippen molar-refractivity contribution in [1.29, 1.82) is 0 Å². The van der Waals surface area contributed by atoms with Gasteiger partial charge in [-0.3, -0.25) is 9.78 Å². The molecule has 0 amide bonds. The second-order valence-electron chi connectivity index (χ2n) is 4.99. The van der Waals surface area contributed by atoms with E-state index in [1.807, 2.05) is 18.2 Å². The van der Waals surface area contributed by atoms with E-state index in [2.05, 4.69) is 20.9 Å². The summed E-state index contributed by atoms with van der Waals surface area (Å²) in [4.78, 5) is 16.5. The number of fused-ring (bicyclic) bond motifs is 1. The minimum atomic E-state index is -0.121. The van der Waals surface area contributed by atoms with E-state index in [1.165, 1.54) is 0 Å². The summed E-state index contributed by atoms with van der Waals surface area (Å²) in [5, 5.41) is 0.532. The average molecular weight is 367 g/mol. The minimum Gasteiger partial charge on any atom is -0.488 e. The predicted octanol–water partition coefficient (Wildman–Crippen LogP) is 4.46. The van der Waals surface area contributed by atoms with Gasteiger partial charge in [0.2, 0.25) is 0 Å². The van der Waals surface area contributed by atoms with E-state index in [4.69, 9.17) is 16.3 Å². The van der Waals surface area contributed by atoms with Crippen molar-refractivity contribution in [3.63, 3.8) is 0 Å². The van der Waals surface area contributed by atoms with Crippen LogP contribution in [0, 0.1) is 0 Å². The highest BCUT2D eigenvalue weighted by molar-refractivity contribution is 9.10. The van der Waals surface area contributed by atoms with Crippen LogP contribution in [0.1, 0.15) is 28.9 Å². The van der Waals surface area contributed by atoms with Gasteiger partial charge in [0, 0.05) is 23.3 Å². The normalized spacial score (nSPS) is 17.2. The Morgan fingerprint density at radius 1 is 1.38 bits per heavy atom. The van der Waals surface area contributed by atoms with Crippen molar-refractivity contribution in [3.8, 4) is 5.75 Å². The van der Waals surface area contributed by atoms with E-state index in [9.17, 15) is 4.79 Å². The molecule has 3 nitrogen and oxygen atoms in total. The highest BCUT2D eigenvalue weighted by Gasteiger charge is 2.28. The van der Waals surface area contributed by atoms with Crippen LogP contribution in [0.3, 0.4) is 0 Å². The van der Waals surface area contributed by atoms with E-state index < -0.39 is 0 Å². The fourth-order valence-corrected chi connectivity index (χ4v) is 3.33. The van der Waals surface area contributed by atoms with Crippen LogP contribution in [0.25, 0.3) is 0 Å². The quantitative estimate of drug-likeness (QED) is 0.805. The fraction of sp³-hybridized carbons (Fsp3) is 0.250. The number of hydrogen-bond acceptors (Lipinski definition) is 3. The Morgan fingerprint density at radius 3 is 3.00 bits per heavy atom. The molecule has 0 fully saturated rings. The van der Waals surface area contributed by atoms with Gasteiger partial charge in [0.1, 0.15) is 11.9 Å². The Kier molecular flexibility index (Phi) is 4.27. The van der Waals surface area contributed by atoms with Crippen LogP contribution in [0.15, 0.2) is 41.0 Å². The molecule has 1 atom stereocenters. The molecule has 0 unspecified atom stereocenters. The second-order valence-corrected chi connectivity index (χ2v) is 6.28. The van der Waals surface area contributed by atoms with Gasteiger partial charge in [0.05, 0.1) is 10.0 Å². The molecule has 0 radical (unpaired) electrons. The van der Waals surface area contributed by atoms with Gasteiger partial charge in [-0.2, -0.15) is 0 Å². The van der Waals surface area contributed by atoms with E-state index in [1.54, 1.807) is 18.3 Å². The maximum absolute atomic E-state index is 12.2. The molecule has 5 heteroatoms. The lowest BCUT2D eigenvalue weighted by molar-refractivity contribution is 0.0837. The van der Waals surface area contributed by atoms with Crippen molar-refractivity contribution < 1.29 is 9.53 Å². The Balaban J connectivity index is 1.75. The molecule has 0 saturated carbocycles. The molecule has 2 heterocycles. The van der Waals surface area contributed by atoms with Crippen molar-refractivity contribution in [2.45, 2.75) is 25.4 Å². The average Bonchev–Trinajstić information content (AvgIpc) is 2.47. The van der Waals surface area contributed by atoms with Crippen LogP contribution in [0.4, 0.5) is 0 Å². The van der Waals surface area contributed by atoms with Crippen LogP contribution in [-0.4, -0.2) is 16.9 Å². The molecular formula is C16H13BrClNO2. The molecule has 0 aliphatic carbocycles. The molecular weight excluding hydrogens is 354 g/mol. The molecule has 3 rings (SSSR count). The third-order valence-corrected chi connectivity index (χ3v) is 4.26. The Bertz CT molecular complexity index is 675. The first-order chi connectivity index (χ1) is 10.1. The van der Waals surface area contributed by atoms with E-state index in [-0.39, 0.29) is 11.9 Å². The zero-order chi connectivity index (χ0) is 14.8. The maximum Gasteiger partial charge on any atom is 0.170 e. The molecule has 2 aromatic rings. The van der Waals surface area contributed by atoms with Crippen LogP contribution >= 0.6 is 27.5 Å². The number of carbonyl (C=O) groups is 1. The van der Waals surface area contributed by atoms with Gasteiger partial charge < -0.3 is 4.74 Å². The van der Waals surface area contributed by atoms with Gasteiger partial charge in [-0.1, -0.05) is 17.7 Å². The monoisotopic (exact) mass is 365 g/mol. The highest BCUT2D eigenvalue weighted by Crippen LogP contribution is 2.38. The van der Waals surface area contributed by atoms with Crippen molar-refractivity contribution >= 4 is 33.3 Å². The number of carbonyl (C=O) groups excluding carboxylic acids is 1. The summed E-state index contributed by atoms with van der Waals surface area (Å²) in [5.41, 5.74) is 1.57. The summed E-state index contributed by atoms with van der Waals surface area (Å²) in [6.45, 7) is 0. The zero-order valence-electron chi connectivity index (χ0n) is 11.2. The van der Waals surface area contributed by atoms with Gasteiger partial charge in [-0.15, -0.1) is 0 Å². The molecule has 0 spiro atoms. The molecule has 0 N–H and O–H groups in total. The summed E-state index contributed by atoms with van der Waals surface area (Å²) in [5.74, 6) is 0.673. The van der Waals surface area contributed by atoms with Crippen LogP contribution in [-0.2, 0) is 6.42 Å². The lowest BCUT2D eigenvalue weighted by atomic mass is 9.97. The van der Waals surface area contributed by atoms with Crippen molar-refractivity contribution in [3.05, 3.63) is 57.3 Å². The third-order valence-electron chi connectivity index (χ3n) is 3.45. The van der Waals surface area contributed by atoms with Crippen LogP contribution in [0.5, 0.6) is 5.75 Å². The van der Waals surface area contributed by atoms with Crippen molar-refractivity contribution in [1.82, 2.24) is 4.98 Å². The molecule has 0 saturated heterocycles. The number of hydrogen-bond donors (Lipinski definition) is 0. The molecule has 108 valence electrons. The van der Waals surface area contributed by atoms with E-state index >= 15 is 0 Å². The van der Waals surface area contributed by atoms with Crippen LogP contribution < -0.4 is 4.74 Å². The Labute approximate surface area is 136 Å². The number of rotatable bonds is 3. The number of nitrogens with zero attached hydrogens (tertiary/aromatic N) is 1. The molecule has 1 aliphatic rings. The Morgan fingerprint density at radius 2 is 2.24 bits per heavy atom.